The minimum Gasteiger partial charge on any atom is -0.357 e. The Balaban J connectivity index is 2.05. The van der Waals surface area contributed by atoms with Crippen LogP contribution in [0, 0.1) is 13.8 Å². The molecule has 27 heavy (non-hydrogen) atoms. The molecule has 0 atom stereocenters. The lowest BCUT2D eigenvalue weighted by Crippen LogP contribution is -2.23. The first-order valence-electron chi connectivity index (χ1n) is 9.73. The van der Waals surface area contributed by atoms with Crippen molar-refractivity contribution in [2.75, 3.05) is 29.9 Å². The molecule has 3 aromatic rings. The van der Waals surface area contributed by atoms with E-state index in [2.05, 4.69) is 72.8 Å². The predicted molar refractivity (Wildman–Crippen MR) is 114 cm³/mol. The molecule has 3 rings (SSSR count). The zero-order valence-corrected chi connectivity index (χ0v) is 16.8. The third-order valence-corrected chi connectivity index (χ3v) is 4.73. The van der Waals surface area contributed by atoms with Gasteiger partial charge in [-0.1, -0.05) is 6.07 Å². The van der Waals surface area contributed by atoms with E-state index in [1.807, 2.05) is 0 Å². The minimum atomic E-state index is 0.637. The minimum absolute atomic E-state index is 0.637. The zero-order chi connectivity index (χ0) is 19.4. The number of hydrogen-bond donors (Lipinski definition) is 2. The van der Waals surface area contributed by atoms with Crippen LogP contribution >= 0.6 is 0 Å². The third-order valence-electron chi connectivity index (χ3n) is 4.73. The zero-order valence-electron chi connectivity index (χ0n) is 16.8. The Hall–Kier alpha value is -2.60. The molecule has 0 fully saturated rings. The van der Waals surface area contributed by atoms with E-state index < -0.39 is 0 Å². The van der Waals surface area contributed by atoms with Crippen molar-refractivity contribution in [1.82, 2.24) is 14.5 Å². The van der Waals surface area contributed by atoms with Crippen LogP contribution in [-0.2, 0) is 6.54 Å². The van der Waals surface area contributed by atoms with Gasteiger partial charge in [0.2, 0.25) is 5.95 Å². The van der Waals surface area contributed by atoms with Gasteiger partial charge in [-0.25, -0.2) is 9.97 Å². The second-order valence-corrected chi connectivity index (χ2v) is 6.92. The first kappa shape index (κ1) is 19.2. The van der Waals surface area contributed by atoms with Gasteiger partial charge in [0.05, 0.1) is 0 Å². The number of aromatic nitrogens is 3. The molecule has 2 aromatic heterocycles. The van der Waals surface area contributed by atoms with Gasteiger partial charge in [-0.3, -0.25) is 4.57 Å². The Labute approximate surface area is 161 Å². The van der Waals surface area contributed by atoms with E-state index in [-0.39, 0.29) is 0 Å². The van der Waals surface area contributed by atoms with Gasteiger partial charge < -0.3 is 16.0 Å². The largest absolute Gasteiger partial charge is 0.357 e. The number of imidazole rings is 1. The van der Waals surface area contributed by atoms with Crippen LogP contribution in [0.25, 0.3) is 11.2 Å². The second kappa shape index (κ2) is 8.39. The van der Waals surface area contributed by atoms with Crippen molar-refractivity contribution in [2.24, 2.45) is 5.73 Å². The van der Waals surface area contributed by atoms with E-state index in [0.717, 1.165) is 54.7 Å². The van der Waals surface area contributed by atoms with Gasteiger partial charge in [-0.2, -0.15) is 0 Å². The maximum atomic E-state index is 5.77. The van der Waals surface area contributed by atoms with Gasteiger partial charge in [0.25, 0.3) is 0 Å². The number of rotatable bonds is 8. The summed E-state index contributed by atoms with van der Waals surface area (Å²) in [5, 5.41) is 3.49. The molecule has 0 radical (unpaired) electrons. The first-order chi connectivity index (χ1) is 13.0. The van der Waals surface area contributed by atoms with Crippen molar-refractivity contribution in [2.45, 2.75) is 40.7 Å². The van der Waals surface area contributed by atoms with E-state index in [1.165, 1.54) is 11.1 Å². The molecule has 0 bridgehead atoms. The van der Waals surface area contributed by atoms with Gasteiger partial charge in [0.1, 0.15) is 11.3 Å². The number of pyridine rings is 1. The lowest BCUT2D eigenvalue weighted by molar-refractivity contribution is 0.667. The normalized spacial score (nSPS) is 11.1. The highest BCUT2D eigenvalue weighted by molar-refractivity contribution is 5.78. The van der Waals surface area contributed by atoms with Gasteiger partial charge in [0.15, 0.2) is 5.65 Å². The van der Waals surface area contributed by atoms with E-state index in [1.54, 1.807) is 0 Å². The molecule has 3 N–H and O–H groups in total. The summed E-state index contributed by atoms with van der Waals surface area (Å²) in [6.45, 7) is 11.8. The van der Waals surface area contributed by atoms with Crippen LogP contribution in [0.1, 0.15) is 31.4 Å². The Morgan fingerprint density at radius 3 is 2.37 bits per heavy atom. The van der Waals surface area contributed by atoms with Crippen molar-refractivity contribution in [3.8, 4) is 0 Å². The second-order valence-electron chi connectivity index (χ2n) is 6.92. The molecule has 1 aromatic carbocycles. The number of anilines is 3. The molecule has 0 aliphatic carbocycles. The molecular formula is C21H30N6. The fourth-order valence-corrected chi connectivity index (χ4v) is 3.45. The summed E-state index contributed by atoms with van der Waals surface area (Å²) in [7, 11) is 0. The molecule has 0 unspecified atom stereocenters. The number of nitrogens with one attached hydrogen (secondary N) is 1. The summed E-state index contributed by atoms with van der Waals surface area (Å²) in [6, 6.07) is 10.5. The van der Waals surface area contributed by atoms with E-state index in [9.17, 15) is 0 Å². The van der Waals surface area contributed by atoms with E-state index in [0.29, 0.717) is 6.54 Å². The van der Waals surface area contributed by atoms with Crippen LogP contribution in [-0.4, -0.2) is 34.2 Å². The Bertz CT molecular complexity index is 890. The standard InChI is InChI=1S/C21H30N6/c1-5-26(6-2)19-9-8-18-20(25-19)27(11-7-10-22)21(24-18)23-17-13-15(3)12-16(4)14-17/h8-9,12-14H,5-7,10-11,22H2,1-4H3,(H,23,24). The molecule has 0 saturated heterocycles. The van der Waals surface area contributed by atoms with Crippen molar-refractivity contribution in [1.29, 1.82) is 0 Å². The van der Waals surface area contributed by atoms with Crippen LogP contribution < -0.4 is 16.0 Å². The topological polar surface area (TPSA) is 72.0 Å². The summed E-state index contributed by atoms with van der Waals surface area (Å²) >= 11 is 0. The quantitative estimate of drug-likeness (QED) is 0.631. The Morgan fingerprint density at radius 1 is 1.04 bits per heavy atom. The summed E-state index contributed by atoms with van der Waals surface area (Å²) < 4.78 is 2.15. The molecule has 144 valence electrons. The lowest BCUT2D eigenvalue weighted by Gasteiger charge is -2.19. The fourth-order valence-electron chi connectivity index (χ4n) is 3.45. The highest BCUT2D eigenvalue weighted by atomic mass is 15.3. The molecule has 0 amide bonds. The molecule has 0 aliphatic heterocycles. The number of nitrogens with zero attached hydrogens (tertiary/aromatic N) is 4. The van der Waals surface area contributed by atoms with Crippen LogP contribution in [0.15, 0.2) is 30.3 Å². The van der Waals surface area contributed by atoms with Crippen LogP contribution in [0.3, 0.4) is 0 Å². The maximum absolute atomic E-state index is 5.77. The Kier molecular flexibility index (Phi) is 5.96. The molecule has 2 heterocycles. The van der Waals surface area contributed by atoms with Crippen LogP contribution in [0.5, 0.6) is 0 Å². The first-order valence-corrected chi connectivity index (χ1v) is 9.73. The van der Waals surface area contributed by atoms with Crippen molar-refractivity contribution < 1.29 is 0 Å². The summed E-state index contributed by atoms with van der Waals surface area (Å²) in [6.07, 6.45) is 0.879. The third kappa shape index (κ3) is 4.22. The van der Waals surface area contributed by atoms with Gasteiger partial charge in [0, 0.05) is 25.3 Å². The van der Waals surface area contributed by atoms with Gasteiger partial charge in [-0.05, 0) is 76.1 Å². The average Bonchev–Trinajstić information content (AvgIpc) is 2.96. The highest BCUT2D eigenvalue weighted by Crippen LogP contribution is 2.25. The summed E-state index contributed by atoms with van der Waals surface area (Å²) in [5.41, 5.74) is 11.1. The Morgan fingerprint density at radius 2 is 1.74 bits per heavy atom. The maximum Gasteiger partial charge on any atom is 0.209 e. The van der Waals surface area contributed by atoms with Crippen LogP contribution in [0.4, 0.5) is 17.5 Å². The summed E-state index contributed by atoms with van der Waals surface area (Å²) in [5.74, 6) is 1.80. The van der Waals surface area contributed by atoms with E-state index in [4.69, 9.17) is 15.7 Å². The number of hydrogen-bond acceptors (Lipinski definition) is 5. The SMILES string of the molecule is CCN(CC)c1ccc2nc(Nc3cc(C)cc(C)c3)n(CCCN)c2n1. The van der Waals surface area contributed by atoms with E-state index >= 15 is 0 Å². The number of benzene rings is 1. The molecule has 6 nitrogen and oxygen atoms in total. The number of aryl methyl sites for hydroxylation is 3. The molecule has 0 spiro atoms. The fraction of sp³-hybridized carbons (Fsp3) is 0.429. The van der Waals surface area contributed by atoms with Gasteiger partial charge >= 0.3 is 0 Å². The highest BCUT2D eigenvalue weighted by Gasteiger charge is 2.14. The average molecular weight is 367 g/mol. The monoisotopic (exact) mass is 366 g/mol. The van der Waals surface area contributed by atoms with Crippen molar-refractivity contribution >= 4 is 28.6 Å². The molecular weight excluding hydrogens is 336 g/mol. The number of nitrogens with two attached hydrogens (primary N) is 1. The molecule has 6 heteroatoms. The van der Waals surface area contributed by atoms with Gasteiger partial charge in [-0.15, -0.1) is 0 Å². The summed E-state index contributed by atoms with van der Waals surface area (Å²) in [4.78, 5) is 12.0. The molecule has 0 aliphatic rings. The molecule has 0 saturated carbocycles. The van der Waals surface area contributed by atoms with Crippen molar-refractivity contribution in [3.05, 3.63) is 41.5 Å². The lowest BCUT2D eigenvalue weighted by atomic mass is 10.1. The predicted octanol–water partition coefficient (Wildman–Crippen LogP) is 3.99. The van der Waals surface area contributed by atoms with Crippen molar-refractivity contribution in [3.63, 3.8) is 0 Å². The van der Waals surface area contributed by atoms with Crippen LogP contribution in [0.2, 0.25) is 0 Å². The smallest absolute Gasteiger partial charge is 0.209 e. The number of fused-ring (bicyclic) bond motifs is 1.